The van der Waals surface area contributed by atoms with Gasteiger partial charge in [0.05, 0.1) is 16.7 Å². The van der Waals surface area contributed by atoms with Gasteiger partial charge >= 0.3 is 0 Å². The normalized spacial score (nSPS) is 25.1. The zero-order valence-electron chi connectivity index (χ0n) is 13.7. The number of rotatable bonds is 6. The average Bonchev–Trinajstić information content (AvgIpc) is 2.19. The minimum atomic E-state index is -0.885. The summed E-state index contributed by atoms with van der Waals surface area (Å²) in [4.78, 5) is 13.6. The van der Waals surface area contributed by atoms with Gasteiger partial charge in [0.15, 0.2) is 0 Å². The number of hydrogen-bond donors (Lipinski definition) is 2. The van der Waals surface area contributed by atoms with Crippen LogP contribution in [0.1, 0.15) is 53.9 Å². The van der Waals surface area contributed by atoms with Crippen molar-refractivity contribution in [2.24, 2.45) is 11.5 Å². The van der Waals surface area contributed by atoms with Crippen LogP contribution in [0.15, 0.2) is 0 Å². The lowest BCUT2D eigenvalue weighted by Crippen LogP contribution is -2.57. The second-order valence-electron chi connectivity index (χ2n) is 7.57. The van der Waals surface area contributed by atoms with Crippen LogP contribution < -0.4 is 11.5 Å². The fourth-order valence-corrected chi connectivity index (χ4v) is 3.05. The summed E-state index contributed by atoms with van der Waals surface area (Å²) in [5, 5.41) is 0. The van der Waals surface area contributed by atoms with E-state index >= 15 is 0 Å². The first-order valence-corrected chi connectivity index (χ1v) is 7.45. The Morgan fingerprint density at radius 1 is 1.20 bits per heavy atom. The lowest BCUT2D eigenvalue weighted by molar-refractivity contribution is -0.180. The van der Waals surface area contributed by atoms with Gasteiger partial charge in [0.2, 0.25) is 5.91 Å². The van der Waals surface area contributed by atoms with Crippen LogP contribution >= 0.6 is 0 Å². The molecule has 0 aliphatic carbocycles. The smallest absolute Gasteiger partial charge is 0.237 e. The van der Waals surface area contributed by atoms with E-state index in [9.17, 15) is 4.79 Å². The number of unbranched alkanes of at least 4 members (excludes halogenated alkanes) is 1. The van der Waals surface area contributed by atoms with E-state index in [1.165, 1.54) is 0 Å². The standard InChI is InChI=1S/C15H31N3O2/c1-13(2)10-18(11-14(3,4)20-13)9-7-6-8-15(5,17)12(16)19/h6-11,17H2,1-5H3,(H2,16,19). The second-order valence-corrected chi connectivity index (χ2v) is 7.57. The molecule has 4 N–H and O–H groups in total. The number of hydrogen-bond acceptors (Lipinski definition) is 4. The summed E-state index contributed by atoms with van der Waals surface area (Å²) in [5.41, 5.74) is 10.0. The molecule has 0 aromatic carbocycles. The first-order chi connectivity index (χ1) is 8.94. The van der Waals surface area contributed by atoms with Crippen molar-refractivity contribution in [2.45, 2.75) is 70.6 Å². The molecule has 1 aliphatic rings. The van der Waals surface area contributed by atoms with Crippen molar-refractivity contribution in [3.05, 3.63) is 0 Å². The summed E-state index contributed by atoms with van der Waals surface area (Å²) >= 11 is 0. The Labute approximate surface area is 123 Å². The topological polar surface area (TPSA) is 81.6 Å². The minimum absolute atomic E-state index is 0.114. The quantitative estimate of drug-likeness (QED) is 0.720. The molecule has 118 valence electrons. The van der Waals surface area contributed by atoms with E-state index in [4.69, 9.17) is 16.2 Å². The van der Waals surface area contributed by atoms with Gasteiger partial charge in [0.1, 0.15) is 0 Å². The Bertz CT molecular complexity index is 335. The summed E-state index contributed by atoms with van der Waals surface area (Å²) in [5.74, 6) is -0.425. The first kappa shape index (κ1) is 17.4. The molecule has 0 spiro atoms. The maximum Gasteiger partial charge on any atom is 0.237 e. The van der Waals surface area contributed by atoms with E-state index in [0.29, 0.717) is 6.42 Å². The first-order valence-electron chi connectivity index (χ1n) is 7.45. The highest BCUT2D eigenvalue weighted by molar-refractivity contribution is 5.83. The number of morpholine rings is 1. The highest BCUT2D eigenvalue weighted by Gasteiger charge is 2.37. The number of carbonyl (C=O) groups is 1. The summed E-state index contributed by atoms with van der Waals surface area (Å²) in [6, 6.07) is 0. The fraction of sp³-hybridized carbons (Fsp3) is 0.933. The molecular weight excluding hydrogens is 254 g/mol. The van der Waals surface area contributed by atoms with Gasteiger partial charge < -0.3 is 16.2 Å². The van der Waals surface area contributed by atoms with Gasteiger partial charge in [-0.15, -0.1) is 0 Å². The lowest BCUT2D eigenvalue weighted by Gasteiger charge is -2.47. The van der Waals surface area contributed by atoms with Crippen molar-refractivity contribution in [1.82, 2.24) is 4.90 Å². The van der Waals surface area contributed by atoms with Crippen LogP contribution in [-0.2, 0) is 9.53 Å². The molecule has 5 heteroatoms. The Morgan fingerprint density at radius 2 is 1.70 bits per heavy atom. The molecule has 1 saturated heterocycles. The molecule has 0 bridgehead atoms. The van der Waals surface area contributed by atoms with Crippen LogP contribution in [0.4, 0.5) is 0 Å². The molecule has 1 rings (SSSR count). The Balaban J connectivity index is 2.37. The van der Waals surface area contributed by atoms with Gasteiger partial charge in [-0.1, -0.05) is 0 Å². The molecule has 1 fully saturated rings. The number of carbonyl (C=O) groups excluding carboxylic acids is 1. The maximum absolute atomic E-state index is 11.2. The number of ether oxygens (including phenoxy) is 1. The van der Waals surface area contributed by atoms with E-state index in [1.807, 2.05) is 0 Å². The third-order valence-electron chi connectivity index (χ3n) is 3.74. The maximum atomic E-state index is 11.2. The number of primary amides is 1. The molecule has 0 aromatic rings. The Morgan fingerprint density at radius 3 is 2.15 bits per heavy atom. The number of nitrogens with zero attached hydrogens (tertiary/aromatic N) is 1. The Hall–Kier alpha value is -0.650. The third kappa shape index (κ3) is 5.38. The lowest BCUT2D eigenvalue weighted by atomic mass is 9.94. The van der Waals surface area contributed by atoms with E-state index < -0.39 is 11.4 Å². The molecule has 5 nitrogen and oxygen atoms in total. The third-order valence-corrected chi connectivity index (χ3v) is 3.74. The van der Waals surface area contributed by atoms with Crippen LogP contribution in [0.2, 0.25) is 0 Å². The average molecular weight is 285 g/mol. The summed E-state index contributed by atoms with van der Waals surface area (Å²) in [7, 11) is 0. The van der Waals surface area contributed by atoms with Crippen molar-refractivity contribution in [3.63, 3.8) is 0 Å². The molecule has 0 radical (unpaired) electrons. The second kappa shape index (κ2) is 6.00. The molecule has 1 unspecified atom stereocenters. The molecule has 1 atom stereocenters. The molecule has 1 amide bonds. The predicted octanol–water partition coefficient (Wildman–Crippen LogP) is 1.25. The van der Waals surface area contributed by atoms with Crippen LogP contribution in [0.25, 0.3) is 0 Å². The highest BCUT2D eigenvalue weighted by atomic mass is 16.5. The van der Waals surface area contributed by atoms with Crippen LogP contribution in [0, 0.1) is 0 Å². The summed E-state index contributed by atoms with van der Waals surface area (Å²) in [6.07, 6.45) is 2.57. The SMILES string of the molecule is CC1(C)CN(CCCCC(C)(N)C(N)=O)CC(C)(C)O1. The Kier molecular flexibility index (Phi) is 5.22. The molecule has 1 heterocycles. The van der Waals surface area contributed by atoms with E-state index in [1.54, 1.807) is 6.92 Å². The minimum Gasteiger partial charge on any atom is -0.368 e. The summed E-state index contributed by atoms with van der Waals surface area (Å²) < 4.78 is 6.06. The number of nitrogens with two attached hydrogens (primary N) is 2. The monoisotopic (exact) mass is 285 g/mol. The fourth-order valence-electron chi connectivity index (χ4n) is 3.05. The van der Waals surface area contributed by atoms with Gasteiger partial charge in [-0.25, -0.2) is 0 Å². The molecule has 0 saturated carbocycles. The van der Waals surface area contributed by atoms with Crippen LogP contribution in [0.3, 0.4) is 0 Å². The predicted molar refractivity (Wildman–Crippen MR) is 81.3 cm³/mol. The van der Waals surface area contributed by atoms with Gasteiger partial charge in [-0.2, -0.15) is 0 Å². The summed E-state index contributed by atoms with van der Waals surface area (Å²) in [6.45, 7) is 13.1. The molecule has 0 aromatic heterocycles. The number of amides is 1. The van der Waals surface area contributed by atoms with Crippen molar-refractivity contribution in [1.29, 1.82) is 0 Å². The zero-order chi connectivity index (χ0) is 15.6. The van der Waals surface area contributed by atoms with Crippen LogP contribution in [-0.4, -0.2) is 47.2 Å². The van der Waals surface area contributed by atoms with E-state index in [0.717, 1.165) is 32.5 Å². The van der Waals surface area contributed by atoms with E-state index in [-0.39, 0.29) is 11.2 Å². The highest BCUT2D eigenvalue weighted by Crippen LogP contribution is 2.28. The molecular formula is C15H31N3O2. The van der Waals surface area contributed by atoms with Gasteiger partial charge in [0, 0.05) is 13.1 Å². The largest absolute Gasteiger partial charge is 0.368 e. The van der Waals surface area contributed by atoms with Gasteiger partial charge in [0.25, 0.3) is 0 Å². The van der Waals surface area contributed by atoms with E-state index in [2.05, 4.69) is 32.6 Å². The van der Waals surface area contributed by atoms with Crippen molar-refractivity contribution in [3.8, 4) is 0 Å². The zero-order valence-corrected chi connectivity index (χ0v) is 13.7. The van der Waals surface area contributed by atoms with Crippen molar-refractivity contribution < 1.29 is 9.53 Å². The van der Waals surface area contributed by atoms with Gasteiger partial charge in [-0.05, 0) is 60.4 Å². The van der Waals surface area contributed by atoms with Crippen molar-refractivity contribution in [2.75, 3.05) is 19.6 Å². The van der Waals surface area contributed by atoms with Crippen LogP contribution in [0.5, 0.6) is 0 Å². The van der Waals surface area contributed by atoms with Gasteiger partial charge in [-0.3, -0.25) is 9.69 Å². The molecule has 20 heavy (non-hydrogen) atoms. The molecule has 1 aliphatic heterocycles. The van der Waals surface area contributed by atoms with Crippen molar-refractivity contribution >= 4 is 5.91 Å².